The number of fused-ring (bicyclic) bond motifs is 2. The van der Waals surface area contributed by atoms with E-state index >= 15 is 0 Å². The molecule has 0 amide bonds. The van der Waals surface area contributed by atoms with Gasteiger partial charge in [-0.25, -0.2) is 4.68 Å². The zero-order valence-electron chi connectivity index (χ0n) is 17.2. The van der Waals surface area contributed by atoms with Gasteiger partial charge >= 0.3 is 0 Å². The van der Waals surface area contributed by atoms with E-state index in [9.17, 15) is 0 Å². The molecule has 5 heteroatoms. The number of hydrogen-bond acceptors (Lipinski definition) is 4. The summed E-state index contributed by atoms with van der Waals surface area (Å²) in [7, 11) is 0. The fraction of sp³-hybridized carbons (Fsp3) is 0.375. The fourth-order valence-electron chi connectivity index (χ4n) is 4.36. The number of ether oxygens (including phenoxy) is 1. The maximum atomic E-state index is 5.98. The van der Waals surface area contributed by atoms with E-state index in [0.29, 0.717) is 5.92 Å². The van der Waals surface area contributed by atoms with Crippen molar-refractivity contribution < 1.29 is 4.74 Å². The second-order valence-electron chi connectivity index (χ2n) is 8.27. The van der Waals surface area contributed by atoms with E-state index in [-0.39, 0.29) is 6.23 Å². The van der Waals surface area contributed by atoms with Crippen LogP contribution < -0.4 is 0 Å². The predicted octanol–water partition coefficient (Wildman–Crippen LogP) is 5.78. The van der Waals surface area contributed by atoms with Crippen molar-refractivity contribution in [3.63, 3.8) is 0 Å². The van der Waals surface area contributed by atoms with Crippen LogP contribution in [0.15, 0.2) is 42.9 Å². The van der Waals surface area contributed by atoms with Crippen LogP contribution in [0.4, 0.5) is 0 Å². The molecule has 4 heterocycles. The zero-order chi connectivity index (χ0) is 20.0. The summed E-state index contributed by atoms with van der Waals surface area (Å²) in [6.07, 6.45) is 9.21. The van der Waals surface area contributed by atoms with Crippen LogP contribution in [0.25, 0.3) is 32.8 Å². The molecule has 0 saturated carbocycles. The Balaban J connectivity index is 1.75. The smallest absolute Gasteiger partial charge is 0.150 e. The van der Waals surface area contributed by atoms with E-state index in [1.54, 1.807) is 0 Å². The van der Waals surface area contributed by atoms with Gasteiger partial charge in [0, 0.05) is 41.0 Å². The number of hydrogen-bond donors (Lipinski definition) is 0. The summed E-state index contributed by atoms with van der Waals surface area (Å²) in [6, 6.07) is 8.70. The second-order valence-corrected chi connectivity index (χ2v) is 8.27. The summed E-state index contributed by atoms with van der Waals surface area (Å²) in [5.41, 5.74) is 5.61. The van der Waals surface area contributed by atoms with Gasteiger partial charge in [0.1, 0.15) is 0 Å². The van der Waals surface area contributed by atoms with Crippen LogP contribution >= 0.6 is 0 Å². The summed E-state index contributed by atoms with van der Waals surface area (Å²) >= 11 is 0. The van der Waals surface area contributed by atoms with Crippen molar-refractivity contribution in [1.82, 2.24) is 19.7 Å². The van der Waals surface area contributed by atoms with Crippen molar-refractivity contribution in [3.05, 3.63) is 54.2 Å². The van der Waals surface area contributed by atoms with Crippen LogP contribution in [-0.2, 0) is 4.74 Å². The molecule has 5 rings (SSSR count). The number of aromatic nitrogens is 4. The minimum Gasteiger partial charge on any atom is -0.356 e. The Morgan fingerprint density at radius 2 is 1.97 bits per heavy atom. The monoisotopic (exact) mass is 386 g/mol. The summed E-state index contributed by atoms with van der Waals surface area (Å²) < 4.78 is 8.02. The second kappa shape index (κ2) is 7.23. The van der Waals surface area contributed by atoms with E-state index < -0.39 is 0 Å². The third kappa shape index (κ3) is 3.19. The lowest BCUT2D eigenvalue weighted by molar-refractivity contribution is -0.0366. The van der Waals surface area contributed by atoms with E-state index in [0.717, 1.165) is 47.1 Å². The number of nitrogens with zero attached hydrogens (tertiary/aromatic N) is 4. The first kappa shape index (κ1) is 18.3. The van der Waals surface area contributed by atoms with Gasteiger partial charge in [-0.2, -0.15) is 5.10 Å². The van der Waals surface area contributed by atoms with Crippen molar-refractivity contribution in [3.8, 4) is 11.1 Å². The summed E-state index contributed by atoms with van der Waals surface area (Å²) in [6.45, 7) is 7.24. The average molecular weight is 386 g/mol. The van der Waals surface area contributed by atoms with Gasteiger partial charge in [0.05, 0.1) is 17.4 Å². The third-order valence-electron chi connectivity index (χ3n) is 5.80. The maximum Gasteiger partial charge on any atom is 0.150 e. The van der Waals surface area contributed by atoms with E-state index in [2.05, 4.69) is 48.2 Å². The first-order valence-corrected chi connectivity index (χ1v) is 10.5. The Bertz CT molecular complexity index is 1190. The predicted molar refractivity (Wildman–Crippen MR) is 116 cm³/mol. The minimum absolute atomic E-state index is 0.0314. The molecule has 0 spiro atoms. The van der Waals surface area contributed by atoms with Crippen LogP contribution in [0.5, 0.6) is 0 Å². The lowest BCUT2D eigenvalue weighted by Gasteiger charge is -2.23. The molecule has 4 aromatic rings. The van der Waals surface area contributed by atoms with Crippen LogP contribution in [-0.4, -0.2) is 26.4 Å². The van der Waals surface area contributed by atoms with Crippen LogP contribution in [0.2, 0.25) is 0 Å². The summed E-state index contributed by atoms with van der Waals surface area (Å²) in [4.78, 5) is 9.24. The molecule has 1 unspecified atom stereocenters. The molecular formula is C24H26N4O. The van der Waals surface area contributed by atoms with Gasteiger partial charge in [-0.15, -0.1) is 0 Å². The minimum atomic E-state index is 0.0314. The third-order valence-corrected chi connectivity index (χ3v) is 5.80. The van der Waals surface area contributed by atoms with Gasteiger partial charge in [-0.3, -0.25) is 9.97 Å². The molecule has 0 bridgehead atoms. The van der Waals surface area contributed by atoms with Crippen LogP contribution in [0, 0.1) is 6.92 Å². The molecule has 1 fully saturated rings. The Morgan fingerprint density at radius 1 is 1.07 bits per heavy atom. The van der Waals surface area contributed by atoms with Gasteiger partial charge in [0.15, 0.2) is 6.23 Å². The van der Waals surface area contributed by atoms with Crippen molar-refractivity contribution in [1.29, 1.82) is 0 Å². The molecule has 0 radical (unpaired) electrons. The highest BCUT2D eigenvalue weighted by molar-refractivity contribution is 6.04. The van der Waals surface area contributed by atoms with Crippen LogP contribution in [0.3, 0.4) is 0 Å². The van der Waals surface area contributed by atoms with Gasteiger partial charge in [0.25, 0.3) is 0 Å². The first-order chi connectivity index (χ1) is 14.1. The van der Waals surface area contributed by atoms with Crippen molar-refractivity contribution in [2.24, 2.45) is 0 Å². The van der Waals surface area contributed by atoms with Gasteiger partial charge in [0.2, 0.25) is 0 Å². The normalized spacial score (nSPS) is 17.4. The standard InChI is InChI=1S/C24H26N4O/c1-15(2)24-23(17-7-8-25-16(3)10-17)20-11-19-14-27-28(22-6-4-5-9-29-22)21(19)12-18(20)13-26-24/h7-8,10-15,22H,4-6,9H2,1-3H3. The SMILES string of the molecule is Cc1cc(-c2c(C(C)C)ncc3cc4c(cnn4C4CCCCO4)cc23)ccn1. The number of pyridine rings is 2. The van der Waals surface area contributed by atoms with E-state index in [1.807, 2.05) is 30.2 Å². The molecule has 1 aliphatic heterocycles. The molecular weight excluding hydrogens is 360 g/mol. The van der Waals surface area contributed by atoms with E-state index in [1.165, 1.54) is 22.9 Å². The largest absolute Gasteiger partial charge is 0.356 e. The lowest BCUT2D eigenvalue weighted by Crippen LogP contribution is -2.18. The van der Waals surface area contributed by atoms with Gasteiger partial charge < -0.3 is 4.74 Å². The highest BCUT2D eigenvalue weighted by Gasteiger charge is 2.20. The Hall–Kier alpha value is -2.79. The topological polar surface area (TPSA) is 52.8 Å². The molecule has 1 atom stereocenters. The Morgan fingerprint density at radius 3 is 2.72 bits per heavy atom. The Labute approximate surface area is 170 Å². The molecule has 0 aliphatic carbocycles. The highest BCUT2D eigenvalue weighted by Crippen LogP contribution is 2.37. The maximum absolute atomic E-state index is 5.98. The molecule has 1 aliphatic rings. The molecule has 1 saturated heterocycles. The lowest BCUT2D eigenvalue weighted by atomic mass is 9.92. The number of benzene rings is 1. The molecule has 29 heavy (non-hydrogen) atoms. The van der Waals surface area contributed by atoms with Gasteiger partial charge in [-0.1, -0.05) is 13.8 Å². The molecule has 3 aromatic heterocycles. The molecule has 0 N–H and O–H groups in total. The highest BCUT2D eigenvalue weighted by atomic mass is 16.5. The number of aryl methyl sites for hydroxylation is 1. The van der Waals surface area contributed by atoms with Crippen molar-refractivity contribution in [2.45, 2.75) is 52.2 Å². The van der Waals surface area contributed by atoms with Gasteiger partial charge in [-0.05, 0) is 67.3 Å². The first-order valence-electron chi connectivity index (χ1n) is 10.5. The summed E-state index contributed by atoms with van der Waals surface area (Å²) in [5.74, 6) is 0.330. The fourth-order valence-corrected chi connectivity index (χ4v) is 4.36. The number of rotatable bonds is 3. The average Bonchev–Trinajstić information content (AvgIpc) is 3.14. The zero-order valence-corrected chi connectivity index (χ0v) is 17.2. The van der Waals surface area contributed by atoms with Crippen molar-refractivity contribution >= 4 is 21.7 Å². The Kier molecular flexibility index (Phi) is 4.55. The van der Waals surface area contributed by atoms with Crippen molar-refractivity contribution in [2.75, 3.05) is 6.61 Å². The molecule has 1 aromatic carbocycles. The quantitative estimate of drug-likeness (QED) is 0.448. The summed E-state index contributed by atoms with van der Waals surface area (Å²) in [5, 5.41) is 8.16. The van der Waals surface area contributed by atoms with Crippen LogP contribution in [0.1, 0.15) is 56.6 Å². The molecule has 148 valence electrons. The van der Waals surface area contributed by atoms with E-state index in [4.69, 9.17) is 9.72 Å². The molecule has 5 nitrogen and oxygen atoms in total.